The first-order valence-corrected chi connectivity index (χ1v) is 3.80. The molecule has 13 heavy (non-hydrogen) atoms. The third-order valence-electron chi connectivity index (χ3n) is 1.72. The zero-order valence-electron chi connectivity index (χ0n) is 7.62. The Morgan fingerprint density at radius 1 is 1.54 bits per heavy atom. The van der Waals surface area contributed by atoms with Gasteiger partial charge in [-0.2, -0.15) is 0 Å². The van der Waals surface area contributed by atoms with Crippen molar-refractivity contribution in [3.8, 4) is 5.75 Å². The predicted octanol–water partition coefficient (Wildman–Crippen LogP) is 2.09. The molecule has 72 valence electrons. The second kappa shape index (κ2) is 5.62. The topological polar surface area (TPSA) is 35.2 Å². The van der Waals surface area contributed by atoms with Gasteiger partial charge in [0.25, 0.3) is 0 Å². The van der Waals surface area contributed by atoms with Gasteiger partial charge in [-0.05, 0) is 23.3 Å². The third-order valence-corrected chi connectivity index (χ3v) is 1.72. The normalized spacial score (nSPS) is 8.77. The molecule has 0 saturated carbocycles. The Morgan fingerprint density at radius 3 is 2.77 bits per heavy atom. The molecule has 0 heterocycles. The monoisotopic (exact) mass is 199 g/mol. The molecular weight excluding hydrogens is 186 g/mol. The molecule has 2 N–H and O–H groups in total. The molecule has 0 amide bonds. The number of ether oxygens (including phenoxy) is 1. The van der Waals surface area contributed by atoms with Crippen LogP contribution in [0.3, 0.4) is 0 Å². The molecule has 0 spiro atoms. The van der Waals surface area contributed by atoms with E-state index in [-0.39, 0.29) is 12.4 Å². The lowest BCUT2D eigenvalue weighted by Gasteiger charge is -2.04. The van der Waals surface area contributed by atoms with Gasteiger partial charge in [0, 0.05) is 6.54 Å². The lowest BCUT2D eigenvalue weighted by Crippen LogP contribution is -2.00. The van der Waals surface area contributed by atoms with Crippen molar-refractivity contribution in [2.24, 2.45) is 5.73 Å². The average molecular weight is 200 g/mol. The van der Waals surface area contributed by atoms with Crippen LogP contribution in [-0.4, -0.2) is 13.7 Å². The molecular formula is C10H14ClNO. The van der Waals surface area contributed by atoms with Crippen molar-refractivity contribution in [1.29, 1.82) is 0 Å². The van der Waals surface area contributed by atoms with Gasteiger partial charge in [-0.25, -0.2) is 0 Å². The SMILES string of the molecule is C=C(CN)c1cccc(OC)c1.Cl. The molecule has 0 atom stereocenters. The van der Waals surface area contributed by atoms with E-state index < -0.39 is 0 Å². The molecule has 1 aromatic rings. The molecule has 1 aromatic carbocycles. The maximum atomic E-state index is 5.46. The number of nitrogens with two attached hydrogens (primary N) is 1. The molecule has 0 fully saturated rings. The van der Waals surface area contributed by atoms with Crippen molar-refractivity contribution in [3.63, 3.8) is 0 Å². The summed E-state index contributed by atoms with van der Waals surface area (Å²) in [5, 5.41) is 0. The second-order valence-corrected chi connectivity index (χ2v) is 2.54. The quantitative estimate of drug-likeness (QED) is 0.809. The fourth-order valence-corrected chi connectivity index (χ4v) is 0.961. The van der Waals surface area contributed by atoms with Crippen LogP contribution >= 0.6 is 12.4 Å². The fourth-order valence-electron chi connectivity index (χ4n) is 0.961. The predicted molar refractivity (Wildman–Crippen MR) is 58.3 cm³/mol. The Kier molecular flexibility index (Phi) is 5.19. The van der Waals surface area contributed by atoms with Crippen LogP contribution in [0.25, 0.3) is 5.57 Å². The van der Waals surface area contributed by atoms with E-state index >= 15 is 0 Å². The van der Waals surface area contributed by atoms with Gasteiger partial charge in [-0.1, -0.05) is 18.7 Å². The Labute approximate surface area is 84.8 Å². The number of hydrogen-bond acceptors (Lipinski definition) is 2. The molecule has 0 radical (unpaired) electrons. The Hall–Kier alpha value is -0.990. The number of rotatable bonds is 3. The van der Waals surface area contributed by atoms with Crippen molar-refractivity contribution < 1.29 is 4.74 Å². The summed E-state index contributed by atoms with van der Waals surface area (Å²) in [6.45, 7) is 4.32. The number of methoxy groups -OCH3 is 1. The van der Waals surface area contributed by atoms with E-state index in [0.717, 1.165) is 16.9 Å². The third kappa shape index (κ3) is 3.09. The van der Waals surface area contributed by atoms with Gasteiger partial charge >= 0.3 is 0 Å². The molecule has 0 aliphatic carbocycles. The van der Waals surface area contributed by atoms with Crippen molar-refractivity contribution in [1.82, 2.24) is 0 Å². The van der Waals surface area contributed by atoms with Crippen LogP contribution in [0.2, 0.25) is 0 Å². The van der Waals surface area contributed by atoms with Gasteiger partial charge in [0.15, 0.2) is 0 Å². The smallest absolute Gasteiger partial charge is 0.119 e. The minimum atomic E-state index is 0. The summed E-state index contributed by atoms with van der Waals surface area (Å²) in [5.74, 6) is 0.835. The van der Waals surface area contributed by atoms with Crippen LogP contribution < -0.4 is 10.5 Å². The summed E-state index contributed by atoms with van der Waals surface area (Å²) in [6, 6.07) is 7.72. The lowest BCUT2D eigenvalue weighted by molar-refractivity contribution is 0.414. The van der Waals surface area contributed by atoms with E-state index in [9.17, 15) is 0 Å². The fraction of sp³-hybridized carbons (Fsp3) is 0.200. The van der Waals surface area contributed by atoms with Gasteiger partial charge in [-0.3, -0.25) is 0 Å². The number of hydrogen-bond donors (Lipinski definition) is 1. The zero-order valence-corrected chi connectivity index (χ0v) is 8.43. The van der Waals surface area contributed by atoms with Crippen molar-refractivity contribution >= 4 is 18.0 Å². The molecule has 0 aromatic heterocycles. The highest BCUT2D eigenvalue weighted by molar-refractivity contribution is 5.85. The average Bonchev–Trinajstić information content (AvgIpc) is 2.17. The molecule has 3 heteroatoms. The van der Waals surface area contributed by atoms with Crippen LogP contribution in [0, 0.1) is 0 Å². The summed E-state index contributed by atoms with van der Waals surface area (Å²) in [6.07, 6.45) is 0. The van der Waals surface area contributed by atoms with E-state index in [0.29, 0.717) is 6.54 Å². The summed E-state index contributed by atoms with van der Waals surface area (Å²) < 4.78 is 5.07. The number of halogens is 1. The minimum absolute atomic E-state index is 0. The minimum Gasteiger partial charge on any atom is -0.497 e. The number of benzene rings is 1. The summed E-state index contributed by atoms with van der Waals surface area (Å²) >= 11 is 0. The summed E-state index contributed by atoms with van der Waals surface area (Å²) in [4.78, 5) is 0. The van der Waals surface area contributed by atoms with Gasteiger partial charge in [0.2, 0.25) is 0 Å². The highest BCUT2D eigenvalue weighted by Gasteiger charge is 1.97. The van der Waals surface area contributed by atoms with E-state index in [1.807, 2.05) is 24.3 Å². The van der Waals surface area contributed by atoms with Crippen molar-refractivity contribution in [3.05, 3.63) is 36.4 Å². The van der Waals surface area contributed by atoms with E-state index in [1.165, 1.54) is 0 Å². The van der Waals surface area contributed by atoms with Crippen LogP contribution in [0.4, 0.5) is 0 Å². The largest absolute Gasteiger partial charge is 0.497 e. The lowest BCUT2D eigenvalue weighted by atomic mass is 10.1. The van der Waals surface area contributed by atoms with E-state index in [4.69, 9.17) is 10.5 Å². The maximum Gasteiger partial charge on any atom is 0.119 e. The van der Waals surface area contributed by atoms with Gasteiger partial charge < -0.3 is 10.5 Å². The molecule has 0 saturated heterocycles. The van der Waals surface area contributed by atoms with Gasteiger partial charge in [0.05, 0.1) is 7.11 Å². The molecule has 1 rings (SSSR count). The zero-order chi connectivity index (χ0) is 8.97. The van der Waals surface area contributed by atoms with Gasteiger partial charge in [0.1, 0.15) is 5.75 Å². The first-order valence-electron chi connectivity index (χ1n) is 3.80. The molecule has 2 nitrogen and oxygen atoms in total. The molecule has 0 unspecified atom stereocenters. The maximum absolute atomic E-state index is 5.46. The Bertz CT molecular complexity index is 286. The van der Waals surface area contributed by atoms with Crippen LogP contribution in [0.5, 0.6) is 5.75 Å². The standard InChI is InChI=1S/C10H13NO.ClH/c1-8(7-11)9-4-3-5-10(6-9)12-2;/h3-6H,1,7,11H2,2H3;1H. The first kappa shape index (κ1) is 12.0. The van der Waals surface area contributed by atoms with Crippen molar-refractivity contribution in [2.45, 2.75) is 0 Å². The molecule has 0 aliphatic rings. The Morgan fingerprint density at radius 2 is 2.23 bits per heavy atom. The second-order valence-electron chi connectivity index (χ2n) is 2.54. The van der Waals surface area contributed by atoms with Crippen LogP contribution in [-0.2, 0) is 0 Å². The van der Waals surface area contributed by atoms with E-state index in [1.54, 1.807) is 7.11 Å². The van der Waals surface area contributed by atoms with E-state index in [2.05, 4.69) is 6.58 Å². The molecule has 0 aliphatic heterocycles. The highest BCUT2D eigenvalue weighted by Crippen LogP contribution is 2.17. The molecule has 0 bridgehead atoms. The Balaban J connectivity index is 0.00000144. The van der Waals surface area contributed by atoms with Gasteiger partial charge in [-0.15, -0.1) is 12.4 Å². The summed E-state index contributed by atoms with van der Waals surface area (Å²) in [5.41, 5.74) is 7.42. The van der Waals surface area contributed by atoms with Crippen molar-refractivity contribution in [2.75, 3.05) is 13.7 Å². The van der Waals surface area contributed by atoms with Crippen LogP contribution in [0.15, 0.2) is 30.8 Å². The summed E-state index contributed by atoms with van der Waals surface area (Å²) in [7, 11) is 1.64. The first-order chi connectivity index (χ1) is 5.77. The highest BCUT2D eigenvalue weighted by atomic mass is 35.5. The van der Waals surface area contributed by atoms with Crippen LogP contribution in [0.1, 0.15) is 5.56 Å².